The second-order valence-corrected chi connectivity index (χ2v) is 5.67. The summed E-state index contributed by atoms with van der Waals surface area (Å²) in [7, 11) is 0. The molecule has 0 fully saturated rings. The molecule has 26 heavy (non-hydrogen) atoms. The molecule has 2 aliphatic rings. The SMILES string of the molecule is C1=C/C=C\c2cnncc2C=C1.C1=CCCCCCC1.c1cnnnn1. The van der Waals surface area contributed by atoms with Crippen molar-refractivity contribution in [3.63, 3.8) is 0 Å². The first kappa shape index (κ1) is 19.3. The zero-order valence-electron chi connectivity index (χ0n) is 14.9. The first-order chi connectivity index (χ1) is 13.0. The third kappa shape index (κ3) is 8.73. The average molecular weight is 348 g/mol. The van der Waals surface area contributed by atoms with Gasteiger partial charge in [0.15, 0.2) is 0 Å². The van der Waals surface area contributed by atoms with E-state index in [0.29, 0.717) is 0 Å². The number of hydrogen-bond donors (Lipinski definition) is 0. The molecule has 4 rings (SSSR count). The summed E-state index contributed by atoms with van der Waals surface area (Å²) in [5.74, 6) is 0. The predicted octanol–water partition coefficient (Wildman–Crippen LogP) is 4.24. The van der Waals surface area contributed by atoms with Crippen LogP contribution in [0.2, 0.25) is 0 Å². The Morgan fingerprint density at radius 1 is 0.538 bits per heavy atom. The van der Waals surface area contributed by atoms with E-state index in [1.54, 1.807) is 12.4 Å². The quantitative estimate of drug-likeness (QED) is 0.663. The molecule has 6 nitrogen and oxygen atoms in total. The maximum absolute atomic E-state index is 3.81. The van der Waals surface area contributed by atoms with Crippen LogP contribution in [-0.2, 0) is 0 Å². The first-order valence-electron chi connectivity index (χ1n) is 8.89. The van der Waals surface area contributed by atoms with Crippen LogP contribution >= 0.6 is 0 Å². The summed E-state index contributed by atoms with van der Waals surface area (Å²) in [6.07, 6.45) is 31.4. The van der Waals surface area contributed by atoms with E-state index in [2.05, 4.69) is 43.0 Å². The van der Waals surface area contributed by atoms with E-state index < -0.39 is 0 Å². The van der Waals surface area contributed by atoms with E-state index in [1.165, 1.54) is 50.9 Å². The summed E-state index contributed by atoms with van der Waals surface area (Å²) in [5.41, 5.74) is 2.20. The smallest absolute Gasteiger partial charge is 0.0716 e. The fraction of sp³-hybridized carbons (Fsp3) is 0.300. The van der Waals surface area contributed by atoms with Gasteiger partial charge in [0.2, 0.25) is 0 Å². The molecule has 0 saturated carbocycles. The lowest BCUT2D eigenvalue weighted by Gasteiger charge is -2.00. The summed E-state index contributed by atoms with van der Waals surface area (Å²) in [5, 5.41) is 20.7. The van der Waals surface area contributed by atoms with Crippen molar-refractivity contribution in [2.75, 3.05) is 0 Å². The maximum atomic E-state index is 3.81. The summed E-state index contributed by atoms with van der Waals surface area (Å²) in [4.78, 5) is 0. The molecule has 0 aromatic carbocycles. The molecule has 0 atom stereocenters. The highest BCUT2D eigenvalue weighted by Gasteiger charge is 1.95. The number of nitrogens with zero attached hydrogens (tertiary/aromatic N) is 6. The van der Waals surface area contributed by atoms with Gasteiger partial charge in [0.1, 0.15) is 0 Å². The molecule has 2 aromatic heterocycles. The van der Waals surface area contributed by atoms with Crippen LogP contribution in [0.1, 0.15) is 49.7 Å². The van der Waals surface area contributed by atoms with Gasteiger partial charge < -0.3 is 0 Å². The van der Waals surface area contributed by atoms with Crippen LogP contribution in [0.4, 0.5) is 0 Å². The van der Waals surface area contributed by atoms with Crippen LogP contribution in [-0.4, -0.2) is 30.8 Å². The molecule has 134 valence electrons. The third-order valence-corrected chi connectivity index (χ3v) is 3.68. The van der Waals surface area contributed by atoms with Crippen LogP contribution in [0, 0.1) is 0 Å². The number of aromatic nitrogens is 6. The van der Waals surface area contributed by atoms with Crippen molar-refractivity contribution in [3.8, 4) is 0 Å². The molecule has 0 bridgehead atoms. The zero-order chi connectivity index (χ0) is 18.1. The second-order valence-electron chi connectivity index (χ2n) is 5.67. The lowest BCUT2D eigenvalue weighted by Crippen LogP contribution is -1.86. The van der Waals surface area contributed by atoms with Gasteiger partial charge in [0.25, 0.3) is 0 Å². The molecule has 0 aliphatic heterocycles. The summed E-state index contributed by atoms with van der Waals surface area (Å²) in [6, 6.07) is 0. The standard InChI is InChI=1S/C10H8N2.C8H14.C2H2N4/c1-2-4-6-10-8-12-11-7-9(10)5-3-1;1-2-4-6-8-7-5-3-1;1-2-4-6-5-3-1/h1-8H;1-2H,3-8H2;1-2H/b2-1?,3-1?,4-2?,5-3-,6-4?,9-5?,10-6?;;. The Bertz CT molecular complexity index is 650. The lowest BCUT2D eigenvalue weighted by atomic mass is 10.1. The van der Waals surface area contributed by atoms with E-state index in [9.17, 15) is 0 Å². The topological polar surface area (TPSA) is 77.3 Å². The van der Waals surface area contributed by atoms with Gasteiger partial charge in [-0.15, -0.1) is 10.2 Å². The Morgan fingerprint density at radius 2 is 1.04 bits per heavy atom. The molecule has 0 unspecified atom stereocenters. The number of rotatable bonds is 0. The molecule has 6 heteroatoms. The maximum Gasteiger partial charge on any atom is 0.0716 e. The first-order valence-corrected chi connectivity index (χ1v) is 8.89. The lowest BCUT2D eigenvalue weighted by molar-refractivity contribution is 0.638. The summed E-state index contributed by atoms with van der Waals surface area (Å²) < 4.78 is 0. The normalized spacial score (nSPS) is 16.2. The molecule has 2 heterocycles. The minimum atomic E-state index is 1.10. The van der Waals surface area contributed by atoms with Gasteiger partial charge in [-0.2, -0.15) is 10.2 Å². The highest BCUT2D eigenvalue weighted by Crippen LogP contribution is 2.11. The molecule has 0 spiro atoms. The van der Waals surface area contributed by atoms with E-state index in [1.807, 2.05) is 36.5 Å². The van der Waals surface area contributed by atoms with Gasteiger partial charge >= 0.3 is 0 Å². The van der Waals surface area contributed by atoms with Crippen molar-refractivity contribution >= 4 is 12.2 Å². The van der Waals surface area contributed by atoms with Crippen molar-refractivity contribution in [3.05, 3.63) is 72.4 Å². The zero-order valence-corrected chi connectivity index (χ0v) is 14.9. The number of allylic oxidation sites excluding steroid dienone is 6. The molecule has 0 amide bonds. The minimum Gasteiger partial charge on any atom is -0.158 e. The highest BCUT2D eigenvalue weighted by atomic mass is 15.4. The van der Waals surface area contributed by atoms with Gasteiger partial charge in [-0.05, 0) is 36.1 Å². The Morgan fingerprint density at radius 3 is 1.46 bits per heavy atom. The molecule has 2 aliphatic carbocycles. The van der Waals surface area contributed by atoms with Gasteiger partial charge in [-0.25, -0.2) is 0 Å². The van der Waals surface area contributed by atoms with Gasteiger partial charge in [0, 0.05) is 11.1 Å². The second kappa shape index (κ2) is 13.3. The fourth-order valence-corrected chi connectivity index (χ4v) is 2.34. The van der Waals surface area contributed by atoms with Crippen molar-refractivity contribution < 1.29 is 0 Å². The molecule has 0 saturated heterocycles. The molecular weight excluding hydrogens is 324 g/mol. The van der Waals surface area contributed by atoms with Crippen LogP contribution < -0.4 is 0 Å². The third-order valence-electron chi connectivity index (χ3n) is 3.68. The number of hydrogen-bond acceptors (Lipinski definition) is 6. The van der Waals surface area contributed by atoms with E-state index >= 15 is 0 Å². The molecular formula is C20H24N6. The Hall–Kier alpha value is -3.02. The van der Waals surface area contributed by atoms with E-state index in [0.717, 1.165) is 11.1 Å². The van der Waals surface area contributed by atoms with E-state index in [4.69, 9.17) is 0 Å². The minimum absolute atomic E-state index is 1.10. The van der Waals surface area contributed by atoms with Gasteiger partial charge in [0.05, 0.1) is 24.8 Å². The monoisotopic (exact) mass is 348 g/mol. The molecule has 2 aromatic rings. The van der Waals surface area contributed by atoms with Gasteiger partial charge in [-0.1, -0.05) is 61.4 Å². The summed E-state index contributed by atoms with van der Waals surface area (Å²) >= 11 is 0. The molecule has 0 radical (unpaired) electrons. The Kier molecular flexibility index (Phi) is 9.87. The van der Waals surface area contributed by atoms with Crippen LogP contribution in [0.5, 0.6) is 0 Å². The van der Waals surface area contributed by atoms with Crippen molar-refractivity contribution in [1.82, 2.24) is 30.8 Å². The Balaban J connectivity index is 0.000000151. The molecule has 0 N–H and O–H groups in total. The van der Waals surface area contributed by atoms with Crippen molar-refractivity contribution in [2.24, 2.45) is 0 Å². The largest absolute Gasteiger partial charge is 0.158 e. The van der Waals surface area contributed by atoms with Gasteiger partial charge in [-0.3, -0.25) is 0 Å². The number of fused-ring (bicyclic) bond motifs is 1. The van der Waals surface area contributed by atoms with Crippen LogP contribution in [0.25, 0.3) is 12.2 Å². The van der Waals surface area contributed by atoms with E-state index in [-0.39, 0.29) is 0 Å². The average Bonchev–Trinajstić information content (AvgIpc) is 2.64. The highest BCUT2D eigenvalue weighted by molar-refractivity contribution is 5.66. The van der Waals surface area contributed by atoms with Crippen molar-refractivity contribution in [1.29, 1.82) is 0 Å². The Labute approximate surface area is 154 Å². The summed E-state index contributed by atoms with van der Waals surface area (Å²) in [6.45, 7) is 0. The fourth-order valence-electron chi connectivity index (χ4n) is 2.34. The van der Waals surface area contributed by atoms with Crippen LogP contribution in [0.3, 0.4) is 0 Å². The van der Waals surface area contributed by atoms with Crippen LogP contribution in [0.15, 0.2) is 61.2 Å². The predicted molar refractivity (Wildman–Crippen MR) is 104 cm³/mol. The van der Waals surface area contributed by atoms with Crippen molar-refractivity contribution in [2.45, 2.75) is 38.5 Å².